The van der Waals surface area contributed by atoms with Crippen molar-refractivity contribution in [3.05, 3.63) is 53.6 Å². The fourth-order valence-corrected chi connectivity index (χ4v) is 1.28. The Morgan fingerprint density at radius 3 is 2.40 bits per heavy atom. The molecule has 0 radical (unpaired) electrons. The van der Waals surface area contributed by atoms with Crippen LogP contribution >= 0.6 is 0 Å². The van der Waals surface area contributed by atoms with Crippen LogP contribution in [0.3, 0.4) is 0 Å². The average Bonchev–Trinajstić information content (AvgIpc) is 2.41. The molecule has 1 aromatic rings. The summed E-state index contributed by atoms with van der Waals surface area (Å²) < 4.78 is 41.8. The maximum absolute atomic E-state index is 12.4. The SMILES string of the molecule is C=CCOC(=O)/C(C#N)=C\c1ccc(C(F)(F)F)cc1. The first-order chi connectivity index (χ1) is 9.38. The molecule has 0 saturated heterocycles. The van der Waals surface area contributed by atoms with Gasteiger partial charge in [0.25, 0.3) is 0 Å². The van der Waals surface area contributed by atoms with Crippen molar-refractivity contribution in [1.82, 2.24) is 0 Å². The Kier molecular flexibility index (Phi) is 5.09. The summed E-state index contributed by atoms with van der Waals surface area (Å²) in [5, 5.41) is 8.82. The van der Waals surface area contributed by atoms with Crippen molar-refractivity contribution in [1.29, 1.82) is 5.26 Å². The first-order valence-electron chi connectivity index (χ1n) is 5.45. The predicted octanol–water partition coefficient (Wildman–Crippen LogP) is 3.34. The van der Waals surface area contributed by atoms with Crippen molar-refractivity contribution in [2.45, 2.75) is 6.18 Å². The van der Waals surface area contributed by atoms with Gasteiger partial charge in [-0.3, -0.25) is 0 Å². The molecular formula is C14H10F3NO2. The number of hydrogen-bond donors (Lipinski definition) is 0. The summed E-state index contributed by atoms with van der Waals surface area (Å²) in [6.07, 6.45) is -1.93. The molecule has 0 atom stereocenters. The second-order valence-corrected chi connectivity index (χ2v) is 3.68. The van der Waals surface area contributed by atoms with Crippen LogP contribution in [0.25, 0.3) is 6.08 Å². The molecule has 0 aliphatic heterocycles. The van der Waals surface area contributed by atoms with Gasteiger partial charge in [0, 0.05) is 0 Å². The van der Waals surface area contributed by atoms with Gasteiger partial charge in [-0.2, -0.15) is 18.4 Å². The van der Waals surface area contributed by atoms with E-state index in [2.05, 4.69) is 11.3 Å². The van der Waals surface area contributed by atoms with E-state index in [1.807, 2.05) is 0 Å². The standard InChI is InChI=1S/C14H10F3NO2/c1-2-7-20-13(19)11(9-18)8-10-3-5-12(6-4-10)14(15,16)17/h2-6,8H,1,7H2/b11-8-. The molecule has 0 aliphatic carbocycles. The summed E-state index contributed by atoms with van der Waals surface area (Å²) in [4.78, 5) is 11.4. The molecule has 3 nitrogen and oxygen atoms in total. The number of hydrogen-bond acceptors (Lipinski definition) is 3. The summed E-state index contributed by atoms with van der Waals surface area (Å²) in [7, 11) is 0. The first kappa shape index (κ1) is 15.5. The smallest absolute Gasteiger partial charge is 0.416 e. The van der Waals surface area contributed by atoms with Gasteiger partial charge < -0.3 is 4.74 Å². The zero-order valence-electron chi connectivity index (χ0n) is 10.3. The maximum Gasteiger partial charge on any atom is 0.416 e. The van der Waals surface area contributed by atoms with Crippen LogP contribution in [-0.2, 0) is 15.7 Å². The molecule has 0 fully saturated rings. The molecule has 0 spiro atoms. The number of nitriles is 1. The van der Waals surface area contributed by atoms with E-state index >= 15 is 0 Å². The third-order valence-corrected chi connectivity index (χ3v) is 2.22. The van der Waals surface area contributed by atoms with Crippen LogP contribution in [0.1, 0.15) is 11.1 Å². The zero-order chi connectivity index (χ0) is 15.2. The number of ether oxygens (including phenoxy) is 1. The number of nitrogens with zero attached hydrogens (tertiary/aromatic N) is 1. The molecule has 20 heavy (non-hydrogen) atoms. The molecule has 0 aliphatic rings. The Balaban J connectivity index is 2.94. The van der Waals surface area contributed by atoms with Crippen molar-refractivity contribution in [2.24, 2.45) is 0 Å². The van der Waals surface area contributed by atoms with E-state index in [1.54, 1.807) is 6.07 Å². The number of halogens is 3. The van der Waals surface area contributed by atoms with Crippen LogP contribution in [0.5, 0.6) is 0 Å². The number of esters is 1. The van der Waals surface area contributed by atoms with Gasteiger partial charge in [-0.25, -0.2) is 4.79 Å². The van der Waals surface area contributed by atoms with Gasteiger partial charge in [-0.1, -0.05) is 24.8 Å². The highest BCUT2D eigenvalue weighted by atomic mass is 19.4. The van der Waals surface area contributed by atoms with Crippen LogP contribution in [0.4, 0.5) is 13.2 Å². The molecule has 0 heterocycles. The molecule has 6 heteroatoms. The summed E-state index contributed by atoms with van der Waals surface area (Å²) in [6, 6.07) is 5.71. The van der Waals surface area contributed by atoms with E-state index in [0.29, 0.717) is 5.56 Å². The number of carbonyl (C=O) groups excluding carboxylic acids is 1. The highest BCUT2D eigenvalue weighted by Crippen LogP contribution is 2.29. The van der Waals surface area contributed by atoms with E-state index < -0.39 is 17.7 Å². The highest BCUT2D eigenvalue weighted by Gasteiger charge is 2.29. The summed E-state index contributed by atoms with van der Waals surface area (Å²) in [5.74, 6) is -0.854. The van der Waals surface area contributed by atoms with Crippen LogP contribution in [0, 0.1) is 11.3 Å². The lowest BCUT2D eigenvalue weighted by Crippen LogP contribution is -2.06. The minimum absolute atomic E-state index is 0.0507. The van der Waals surface area contributed by atoms with Crippen LogP contribution in [-0.4, -0.2) is 12.6 Å². The number of alkyl halides is 3. The Hall–Kier alpha value is -2.55. The fourth-order valence-electron chi connectivity index (χ4n) is 1.28. The van der Waals surface area contributed by atoms with E-state index in [0.717, 1.165) is 18.2 Å². The molecule has 0 amide bonds. The minimum Gasteiger partial charge on any atom is -0.457 e. The average molecular weight is 281 g/mol. The fraction of sp³-hybridized carbons (Fsp3) is 0.143. The van der Waals surface area contributed by atoms with Crippen molar-refractivity contribution >= 4 is 12.0 Å². The third kappa shape index (κ3) is 4.28. The Bertz CT molecular complexity index is 566. The molecule has 0 saturated carbocycles. The van der Waals surface area contributed by atoms with Crippen molar-refractivity contribution in [3.8, 4) is 6.07 Å². The number of benzene rings is 1. The molecule has 0 bridgehead atoms. The quantitative estimate of drug-likeness (QED) is 0.368. The minimum atomic E-state index is -4.43. The first-order valence-corrected chi connectivity index (χ1v) is 5.45. The molecule has 1 rings (SSSR count). The van der Waals surface area contributed by atoms with Gasteiger partial charge >= 0.3 is 12.1 Å². The normalized spacial score (nSPS) is 11.6. The Morgan fingerprint density at radius 1 is 1.35 bits per heavy atom. The lowest BCUT2D eigenvalue weighted by Gasteiger charge is -2.06. The van der Waals surface area contributed by atoms with E-state index in [-0.39, 0.29) is 12.2 Å². The van der Waals surface area contributed by atoms with Gasteiger partial charge in [0.1, 0.15) is 18.2 Å². The summed E-state index contributed by atoms with van der Waals surface area (Å²) in [5.41, 5.74) is -0.806. The van der Waals surface area contributed by atoms with Gasteiger partial charge in [0.2, 0.25) is 0 Å². The van der Waals surface area contributed by atoms with Crippen molar-refractivity contribution in [2.75, 3.05) is 6.61 Å². The van der Waals surface area contributed by atoms with E-state index in [1.165, 1.54) is 18.2 Å². The predicted molar refractivity (Wildman–Crippen MR) is 66.2 cm³/mol. The van der Waals surface area contributed by atoms with Gasteiger partial charge in [0.05, 0.1) is 5.56 Å². The molecule has 0 unspecified atom stereocenters. The molecular weight excluding hydrogens is 271 g/mol. The van der Waals surface area contributed by atoms with Gasteiger partial charge in [-0.15, -0.1) is 0 Å². The maximum atomic E-state index is 12.4. The van der Waals surface area contributed by atoms with E-state index in [4.69, 9.17) is 5.26 Å². The third-order valence-electron chi connectivity index (χ3n) is 2.22. The second-order valence-electron chi connectivity index (χ2n) is 3.68. The van der Waals surface area contributed by atoms with Crippen molar-refractivity contribution < 1.29 is 22.7 Å². The van der Waals surface area contributed by atoms with Crippen LogP contribution in [0.2, 0.25) is 0 Å². The van der Waals surface area contributed by atoms with Gasteiger partial charge in [0.15, 0.2) is 0 Å². The lowest BCUT2D eigenvalue weighted by atomic mass is 10.1. The van der Waals surface area contributed by atoms with Crippen LogP contribution in [0.15, 0.2) is 42.5 Å². The molecule has 1 aromatic carbocycles. The lowest BCUT2D eigenvalue weighted by molar-refractivity contribution is -0.138. The Labute approximate surface area is 113 Å². The summed E-state index contributed by atoms with van der Waals surface area (Å²) in [6.45, 7) is 3.30. The van der Waals surface area contributed by atoms with Gasteiger partial charge in [-0.05, 0) is 23.8 Å². The Morgan fingerprint density at radius 2 is 1.95 bits per heavy atom. The largest absolute Gasteiger partial charge is 0.457 e. The highest BCUT2D eigenvalue weighted by molar-refractivity contribution is 5.97. The number of carbonyl (C=O) groups is 1. The topological polar surface area (TPSA) is 50.1 Å². The molecule has 0 N–H and O–H groups in total. The molecule has 104 valence electrons. The zero-order valence-corrected chi connectivity index (χ0v) is 10.3. The van der Waals surface area contributed by atoms with Crippen molar-refractivity contribution in [3.63, 3.8) is 0 Å². The van der Waals surface area contributed by atoms with Crippen LogP contribution < -0.4 is 0 Å². The monoisotopic (exact) mass is 281 g/mol. The second kappa shape index (κ2) is 6.57. The molecule has 0 aromatic heterocycles. The number of rotatable bonds is 4. The summed E-state index contributed by atoms with van der Waals surface area (Å²) >= 11 is 0. The van der Waals surface area contributed by atoms with E-state index in [9.17, 15) is 18.0 Å².